The summed E-state index contributed by atoms with van der Waals surface area (Å²) in [6, 6.07) is 3.46. The van der Waals surface area contributed by atoms with Crippen LogP contribution in [-0.4, -0.2) is 25.3 Å². The van der Waals surface area contributed by atoms with Crippen molar-refractivity contribution in [2.45, 2.75) is 0 Å². The summed E-state index contributed by atoms with van der Waals surface area (Å²) in [5, 5.41) is 15.9. The normalized spacial score (nSPS) is 14.8. The summed E-state index contributed by atoms with van der Waals surface area (Å²) in [4.78, 5) is 4.48. The maximum Gasteiger partial charge on any atom is 1.00 e. The van der Waals surface area contributed by atoms with Crippen molar-refractivity contribution < 1.29 is 81.8 Å². The van der Waals surface area contributed by atoms with Gasteiger partial charge in [0.05, 0.1) is 0 Å². The zero-order chi connectivity index (χ0) is 13.4. The third-order valence-electron chi connectivity index (χ3n) is 1.19. The van der Waals surface area contributed by atoms with Gasteiger partial charge in [-0.3, -0.25) is 0 Å². The van der Waals surface area contributed by atoms with Crippen molar-refractivity contribution in [1.82, 2.24) is 20.1 Å². The molecule has 0 saturated heterocycles. The van der Waals surface area contributed by atoms with Gasteiger partial charge in [-0.25, -0.2) is 4.98 Å². The summed E-state index contributed by atoms with van der Waals surface area (Å²) in [5.74, 6) is 0. The van der Waals surface area contributed by atoms with Crippen molar-refractivity contribution in [3.63, 3.8) is 0 Å². The van der Waals surface area contributed by atoms with Gasteiger partial charge in [0.15, 0.2) is 0 Å². The molecule has 0 amide bonds. The molecule has 0 aliphatic carbocycles. The summed E-state index contributed by atoms with van der Waals surface area (Å²) in [6.07, 6.45) is 1.57. The van der Waals surface area contributed by atoms with Gasteiger partial charge in [0, 0.05) is 6.20 Å². The van der Waals surface area contributed by atoms with E-state index < -0.39 is 7.81 Å². The number of pyridine rings is 1. The van der Waals surface area contributed by atoms with Crippen LogP contribution in [0.15, 0.2) is 18.3 Å². The Morgan fingerprint density at radius 3 is 2.06 bits per heavy atom. The molecule has 2 heterocycles. The molecule has 1 N–H and O–H groups in total. The van der Waals surface area contributed by atoms with Crippen LogP contribution in [0.5, 0.6) is 0 Å². The summed E-state index contributed by atoms with van der Waals surface area (Å²) < 4.78 is 59.2. The molecule has 0 bridgehead atoms. The van der Waals surface area contributed by atoms with Gasteiger partial charge < -0.3 is 5.21 Å². The molecule has 0 saturated carbocycles. The molecule has 0 aromatic carbocycles. The topological polar surface area (TPSA) is 63.8 Å². The molecule has 0 fully saturated rings. The van der Waals surface area contributed by atoms with E-state index in [2.05, 4.69) is 15.3 Å². The number of hydrogen-bond donors (Lipinski definition) is 1. The van der Waals surface area contributed by atoms with Crippen molar-refractivity contribution >= 4 is 19.0 Å². The van der Waals surface area contributed by atoms with Crippen molar-refractivity contribution in [3.8, 4) is 0 Å². The second-order valence-electron chi connectivity index (χ2n) is 2.78. The molecule has 18 heavy (non-hydrogen) atoms. The van der Waals surface area contributed by atoms with E-state index in [9.17, 15) is 25.2 Å². The van der Waals surface area contributed by atoms with Crippen LogP contribution < -0.4 is 51.4 Å². The van der Waals surface area contributed by atoms with Crippen molar-refractivity contribution in [2.75, 3.05) is 0 Å². The molecular formula is C5H4F6KN4OP. The zero-order valence-electron chi connectivity index (χ0n) is 8.68. The summed E-state index contributed by atoms with van der Waals surface area (Å²) >= 11 is 0. The number of fused-ring (bicyclic) bond motifs is 1. The molecule has 5 nitrogen and oxygen atoms in total. The minimum Gasteiger partial charge on any atom is -0.409 e. The average Bonchev–Trinajstić information content (AvgIpc) is 2.43. The van der Waals surface area contributed by atoms with Gasteiger partial charge in [-0.2, -0.15) is 0 Å². The van der Waals surface area contributed by atoms with Gasteiger partial charge in [-0.05, 0) is 17.3 Å². The Kier molecular flexibility index (Phi) is 4.83. The minimum atomic E-state index is -10.7. The first-order chi connectivity index (χ1) is 7.33. The number of hydrogen-bond acceptors (Lipinski definition) is 4. The zero-order valence-corrected chi connectivity index (χ0v) is 12.7. The van der Waals surface area contributed by atoms with Gasteiger partial charge in [-0.1, -0.05) is 4.85 Å². The molecule has 2 rings (SSSR count). The third-order valence-corrected chi connectivity index (χ3v) is 1.19. The van der Waals surface area contributed by atoms with Crippen molar-refractivity contribution in [3.05, 3.63) is 18.3 Å². The molecule has 0 radical (unpaired) electrons. The summed E-state index contributed by atoms with van der Waals surface area (Å²) in [5.41, 5.74) is 0.965. The molecule has 0 spiro atoms. The predicted octanol–water partition coefficient (Wildman–Crippen LogP) is 0.450. The second kappa shape index (κ2) is 4.83. The van der Waals surface area contributed by atoms with Crippen molar-refractivity contribution in [1.29, 1.82) is 0 Å². The largest absolute Gasteiger partial charge is 1.00 e. The molecule has 0 atom stereocenters. The molecule has 0 unspecified atom stereocenters. The molecule has 2 aromatic rings. The number of rotatable bonds is 0. The Labute approximate surface area is 138 Å². The molecule has 98 valence electrons. The van der Waals surface area contributed by atoms with Crippen LogP contribution >= 0.6 is 7.81 Å². The van der Waals surface area contributed by atoms with Crippen LogP contribution in [-0.2, 0) is 0 Å². The van der Waals surface area contributed by atoms with Gasteiger partial charge >= 0.3 is 84.4 Å². The molecule has 0 aliphatic rings. The quantitative estimate of drug-likeness (QED) is 0.331. The van der Waals surface area contributed by atoms with Crippen molar-refractivity contribution in [2.24, 2.45) is 0 Å². The molecule has 13 heteroatoms. The SMILES string of the molecule is F[P-](F)(F)(F)(F)F.On1nnc2cccnc21.[K+]. The monoisotopic (exact) mass is 320 g/mol. The van der Waals surface area contributed by atoms with E-state index in [0.29, 0.717) is 16.0 Å². The van der Waals surface area contributed by atoms with Crippen LogP contribution in [0.2, 0.25) is 0 Å². The predicted molar refractivity (Wildman–Crippen MR) is 46.1 cm³/mol. The maximum atomic E-state index is 9.87. The Balaban J connectivity index is 0.000000326. The van der Waals surface area contributed by atoms with Crippen LogP contribution in [0.3, 0.4) is 0 Å². The Morgan fingerprint density at radius 1 is 1.11 bits per heavy atom. The Morgan fingerprint density at radius 2 is 1.61 bits per heavy atom. The first kappa shape index (κ1) is 18.0. The standard InChI is InChI=1S/C5H4N4O.F6P.K/c10-9-5-4(7-8-9)2-1-3-6-5;1-7(2,3,4,5)6;/h1-3,10H;;/q;-1;+1. The van der Waals surface area contributed by atoms with E-state index in [-0.39, 0.29) is 51.4 Å². The third kappa shape index (κ3) is 9.00. The fourth-order valence-electron chi connectivity index (χ4n) is 0.754. The minimum absolute atomic E-state index is 0. The van der Waals surface area contributed by atoms with E-state index in [4.69, 9.17) is 5.21 Å². The fraction of sp³-hybridized carbons (Fsp3) is 0. The maximum absolute atomic E-state index is 10.7. The van der Waals surface area contributed by atoms with E-state index >= 15 is 0 Å². The van der Waals surface area contributed by atoms with E-state index in [1.54, 1.807) is 18.3 Å². The van der Waals surface area contributed by atoms with E-state index in [1.165, 1.54) is 0 Å². The van der Waals surface area contributed by atoms with Crippen LogP contribution in [0.4, 0.5) is 25.2 Å². The smallest absolute Gasteiger partial charge is 0.409 e. The van der Waals surface area contributed by atoms with Gasteiger partial charge in [0.25, 0.3) is 0 Å². The Bertz CT molecular complexity index is 529. The molecule has 0 aliphatic heterocycles. The van der Waals surface area contributed by atoms with Gasteiger partial charge in [0.2, 0.25) is 5.65 Å². The first-order valence-electron chi connectivity index (χ1n) is 3.75. The second-order valence-corrected chi connectivity index (χ2v) is 4.70. The molecule has 2 aromatic heterocycles. The van der Waals surface area contributed by atoms with Crippen LogP contribution in [0, 0.1) is 0 Å². The van der Waals surface area contributed by atoms with E-state index in [1.807, 2.05) is 0 Å². The number of halogens is 6. The first-order valence-corrected chi connectivity index (χ1v) is 5.78. The van der Waals surface area contributed by atoms with Gasteiger partial charge in [0.1, 0.15) is 5.52 Å². The molecular weight excluding hydrogens is 316 g/mol. The number of aromatic nitrogens is 4. The number of nitrogens with zero attached hydrogens (tertiary/aromatic N) is 4. The Hall–Kier alpha value is -0.00364. The van der Waals surface area contributed by atoms with Crippen LogP contribution in [0.1, 0.15) is 0 Å². The van der Waals surface area contributed by atoms with E-state index in [0.717, 1.165) is 0 Å². The summed E-state index contributed by atoms with van der Waals surface area (Å²) in [6.45, 7) is 0. The fourth-order valence-corrected chi connectivity index (χ4v) is 0.754. The average molecular weight is 320 g/mol. The van der Waals surface area contributed by atoms with Crippen LogP contribution in [0.25, 0.3) is 11.2 Å². The summed E-state index contributed by atoms with van der Waals surface area (Å²) in [7, 11) is -10.7. The van der Waals surface area contributed by atoms with Gasteiger partial charge in [-0.15, -0.1) is 5.10 Å².